The third-order valence-corrected chi connectivity index (χ3v) is 4.45. The lowest BCUT2D eigenvalue weighted by molar-refractivity contribution is -0.136. The first-order valence-electron chi connectivity index (χ1n) is 7.40. The smallest absolute Gasteiger partial charge is 0.267 e. The van der Waals surface area contributed by atoms with Crippen LogP contribution in [-0.4, -0.2) is 29.0 Å². The number of hydrogen-bond acceptors (Lipinski definition) is 3. The normalized spacial score (nSPS) is 15.3. The van der Waals surface area contributed by atoms with Crippen LogP contribution in [0, 0.1) is 6.92 Å². The van der Waals surface area contributed by atoms with Crippen molar-refractivity contribution in [2.45, 2.75) is 33.6 Å². The van der Waals surface area contributed by atoms with Crippen LogP contribution in [-0.2, 0) is 9.59 Å². The summed E-state index contributed by atoms with van der Waals surface area (Å²) >= 11 is 1.46. The quantitative estimate of drug-likeness (QED) is 0.753. The molecular weight excluding hydrogens is 282 g/mol. The summed E-state index contributed by atoms with van der Waals surface area (Å²) in [5.74, 6) is 0.509. The van der Waals surface area contributed by atoms with Gasteiger partial charge in [-0.25, -0.2) is 0 Å². The van der Waals surface area contributed by atoms with Gasteiger partial charge in [-0.3, -0.25) is 14.5 Å². The summed E-state index contributed by atoms with van der Waals surface area (Å²) in [6.45, 7) is 6.57. The zero-order valence-corrected chi connectivity index (χ0v) is 13.6. The molecule has 4 heteroatoms. The molecule has 21 heavy (non-hydrogen) atoms. The number of imide groups is 1. The van der Waals surface area contributed by atoms with Gasteiger partial charge in [-0.1, -0.05) is 50.1 Å². The van der Waals surface area contributed by atoms with E-state index in [0.717, 1.165) is 29.7 Å². The minimum absolute atomic E-state index is 0.129. The van der Waals surface area contributed by atoms with Crippen molar-refractivity contribution in [2.75, 3.05) is 12.3 Å². The Bertz CT molecular complexity index is 575. The Labute approximate surface area is 130 Å². The van der Waals surface area contributed by atoms with Gasteiger partial charge in [0.25, 0.3) is 11.8 Å². The molecule has 0 radical (unpaired) electrons. The van der Waals surface area contributed by atoms with Gasteiger partial charge in [0.1, 0.15) is 0 Å². The largest absolute Gasteiger partial charge is 0.274 e. The maximum Gasteiger partial charge on any atom is 0.267 e. The van der Waals surface area contributed by atoms with Gasteiger partial charge in [-0.2, -0.15) is 0 Å². The first kappa shape index (κ1) is 15.8. The summed E-state index contributed by atoms with van der Waals surface area (Å²) in [6.07, 6.45) is 1.82. The lowest BCUT2D eigenvalue weighted by Crippen LogP contribution is -2.32. The van der Waals surface area contributed by atoms with Crippen molar-refractivity contribution in [3.05, 3.63) is 40.3 Å². The molecule has 2 amide bonds. The van der Waals surface area contributed by atoms with Crippen LogP contribution >= 0.6 is 11.8 Å². The lowest BCUT2D eigenvalue weighted by atomic mass is 10.0. The molecule has 2 rings (SSSR count). The molecule has 3 nitrogen and oxygen atoms in total. The summed E-state index contributed by atoms with van der Waals surface area (Å²) in [6, 6.07) is 7.80. The molecule has 1 aromatic rings. The lowest BCUT2D eigenvalue weighted by Gasteiger charge is -2.14. The Hall–Kier alpha value is -1.55. The topological polar surface area (TPSA) is 37.4 Å². The molecule has 1 aliphatic heterocycles. The first-order chi connectivity index (χ1) is 10.1. The van der Waals surface area contributed by atoms with Crippen LogP contribution in [0.5, 0.6) is 0 Å². The van der Waals surface area contributed by atoms with Gasteiger partial charge in [0.15, 0.2) is 0 Å². The number of thioether (sulfide) groups is 1. The minimum Gasteiger partial charge on any atom is -0.274 e. The van der Waals surface area contributed by atoms with Gasteiger partial charge < -0.3 is 0 Å². The zero-order valence-electron chi connectivity index (χ0n) is 12.8. The second-order valence-corrected chi connectivity index (χ2v) is 6.39. The summed E-state index contributed by atoms with van der Waals surface area (Å²) in [7, 11) is 0. The average Bonchev–Trinajstić information content (AvgIpc) is 2.70. The zero-order chi connectivity index (χ0) is 15.4. The Morgan fingerprint density at radius 2 is 1.71 bits per heavy atom. The number of carbonyl (C=O) groups excluding carboxylic acids is 2. The third kappa shape index (κ3) is 3.21. The standard InChI is InChI=1S/C17H21NO2S/c1-4-6-11-18-16(19)14(15(17(18)20)21-5-2)13-9-7-12(3)8-10-13/h7-10H,4-6,11H2,1-3H3. The molecule has 0 aromatic heterocycles. The second kappa shape index (κ2) is 6.94. The SMILES string of the molecule is CCCCN1C(=O)C(SCC)=C(c2ccc(C)cc2)C1=O. The van der Waals surface area contributed by atoms with Crippen molar-refractivity contribution in [2.24, 2.45) is 0 Å². The summed E-state index contributed by atoms with van der Waals surface area (Å²) < 4.78 is 0. The van der Waals surface area contributed by atoms with Crippen molar-refractivity contribution in [3.63, 3.8) is 0 Å². The van der Waals surface area contributed by atoms with E-state index >= 15 is 0 Å². The number of benzene rings is 1. The van der Waals surface area contributed by atoms with Crippen molar-refractivity contribution in [3.8, 4) is 0 Å². The highest BCUT2D eigenvalue weighted by Crippen LogP contribution is 2.36. The molecular formula is C17H21NO2S. The van der Waals surface area contributed by atoms with Crippen molar-refractivity contribution in [1.82, 2.24) is 4.90 Å². The van der Waals surface area contributed by atoms with E-state index in [2.05, 4.69) is 6.92 Å². The number of hydrogen-bond donors (Lipinski definition) is 0. The predicted octanol–water partition coefficient (Wildman–Crippen LogP) is 3.63. The maximum absolute atomic E-state index is 12.6. The number of nitrogens with zero attached hydrogens (tertiary/aromatic N) is 1. The molecule has 1 heterocycles. The number of amides is 2. The fourth-order valence-electron chi connectivity index (χ4n) is 2.33. The fraction of sp³-hybridized carbons (Fsp3) is 0.412. The van der Waals surface area contributed by atoms with E-state index in [4.69, 9.17) is 0 Å². The van der Waals surface area contributed by atoms with E-state index in [1.54, 1.807) is 0 Å². The first-order valence-corrected chi connectivity index (χ1v) is 8.39. The van der Waals surface area contributed by atoms with E-state index in [1.165, 1.54) is 16.7 Å². The van der Waals surface area contributed by atoms with E-state index in [-0.39, 0.29) is 11.8 Å². The van der Waals surface area contributed by atoms with Gasteiger partial charge in [-0.05, 0) is 24.7 Å². The number of carbonyl (C=O) groups is 2. The number of unbranched alkanes of at least 4 members (excludes halogenated alkanes) is 1. The van der Waals surface area contributed by atoms with E-state index in [0.29, 0.717) is 17.0 Å². The Balaban J connectivity index is 2.40. The average molecular weight is 303 g/mol. The summed E-state index contributed by atoms with van der Waals surface area (Å²) in [5.41, 5.74) is 2.56. The highest BCUT2D eigenvalue weighted by atomic mass is 32.2. The van der Waals surface area contributed by atoms with E-state index in [1.807, 2.05) is 38.1 Å². The molecule has 0 atom stereocenters. The molecule has 1 aromatic carbocycles. The van der Waals surface area contributed by atoms with E-state index < -0.39 is 0 Å². The van der Waals surface area contributed by atoms with E-state index in [9.17, 15) is 9.59 Å². The number of aryl methyl sites for hydroxylation is 1. The molecule has 0 saturated carbocycles. The van der Waals surface area contributed by atoms with Gasteiger partial charge in [-0.15, -0.1) is 11.8 Å². The summed E-state index contributed by atoms with van der Waals surface area (Å²) in [4.78, 5) is 27.1. The molecule has 0 N–H and O–H groups in total. The Morgan fingerprint density at radius 3 is 2.29 bits per heavy atom. The number of rotatable bonds is 6. The third-order valence-electron chi connectivity index (χ3n) is 3.49. The molecule has 112 valence electrons. The highest BCUT2D eigenvalue weighted by molar-refractivity contribution is 8.04. The van der Waals surface area contributed by atoms with Gasteiger partial charge in [0.2, 0.25) is 0 Å². The van der Waals surface area contributed by atoms with Crippen molar-refractivity contribution >= 4 is 29.1 Å². The van der Waals surface area contributed by atoms with Crippen molar-refractivity contribution in [1.29, 1.82) is 0 Å². The van der Waals surface area contributed by atoms with Gasteiger partial charge >= 0.3 is 0 Å². The van der Waals surface area contributed by atoms with Crippen LogP contribution in [0.3, 0.4) is 0 Å². The molecule has 1 aliphatic rings. The van der Waals surface area contributed by atoms with Crippen LogP contribution < -0.4 is 0 Å². The Kier molecular flexibility index (Phi) is 5.23. The highest BCUT2D eigenvalue weighted by Gasteiger charge is 2.38. The van der Waals surface area contributed by atoms with Crippen molar-refractivity contribution < 1.29 is 9.59 Å². The molecule has 0 unspecified atom stereocenters. The van der Waals surface area contributed by atoms with Crippen LogP contribution in [0.4, 0.5) is 0 Å². The summed E-state index contributed by atoms with van der Waals surface area (Å²) in [5, 5.41) is 0. The molecule has 0 aliphatic carbocycles. The van der Waals surface area contributed by atoms with Crippen LogP contribution in [0.1, 0.15) is 37.8 Å². The van der Waals surface area contributed by atoms with Crippen LogP contribution in [0.25, 0.3) is 5.57 Å². The second-order valence-electron chi connectivity index (χ2n) is 5.12. The Morgan fingerprint density at radius 1 is 1.05 bits per heavy atom. The van der Waals surface area contributed by atoms with Crippen LogP contribution in [0.2, 0.25) is 0 Å². The molecule has 0 saturated heterocycles. The molecule has 0 fully saturated rings. The van der Waals surface area contributed by atoms with Gasteiger partial charge in [0.05, 0.1) is 10.5 Å². The minimum atomic E-state index is -0.145. The van der Waals surface area contributed by atoms with Crippen LogP contribution in [0.15, 0.2) is 29.2 Å². The molecule has 0 bridgehead atoms. The van der Waals surface area contributed by atoms with Gasteiger partial charge in [0, 0.05) is 6.54 Å². The fourth-order valence-corrected chi connectivity index (χ4v) is 3.20. The monoisotopic (exact) mass is 303 g/mol. The molecule has 0 spiro atoms. The predicted molar refractivity (Wildman–Crippen MR) is 87.9 cm³/mol. The maximum atomic E-state index is 12.6.